The summed E-state index contributed by atoms with van der Waals surface area (Å²) in [5.74, 6) is 0. The van der Waals surface area contributed by atoms with Crippen molar-refractivity contribution in [3.63, 3.8) is 0 Å². The summed E-state index contributed by atoms with van der Waals surface area (Å²) in [6.07, 6.45) is 4.66. The number of hydrogen-bond acceptors (Lipinski definition) is 3. The van der Waals surface area contributed by atoms with E-state index in [-0.39, 0.29) is 0 Å². The Labute approximate surface area is 56.7 Å². The van der Waals surface area contributed by atoms with Crippen LogP contribution in [0.5, 0.6) is 0 Å². The Balaban J connectivity index is 2.88. The van der Waals surface area contributed by atoms with Crippen molar-refractivity contribution in [3.05, 3.63) is 24.7 Å². The van der Waals surface area contributed by atoms with E-state index in [0.29, 0.717) is 5.52 Å². The average Bonchev–Trinajstić information content (AvgIpc) is 2.27. The monoisotopic (exact) mass is 135 g/mol. The van der Waals surface area contributed by atoms with Crippen LogP contribution >= 0.6 is 0 Å². The van der Waals surface area contributed by atoms with E-state index in [0.717, 1.165) is 10.1 Å². The second-order valence-electron chi connectivity index (χ2n) is 2.01. The quantitative estimate of drug-likeness (QED) is 0.540. The Morgan fingerprint density at radius 1 is 1.40 bits per heavy atom. The van der Waals surface area contributed by atoms with Gasteiger partial charge in [0.2, 0.25) is 0 Å². The molecule has 2 aromatic rings. The molecule has 0 amide bonds. The number of hydrogen-bond donors (Lipinski definition) is 1. The molecule has 0 radical (unpaired) electrons. The molecule has 0 bridgehead atoms. The molecule has 0 aliphatic heterocycles. The number of aromatic nitrogens is 3. The number of rotatable bonds is 0. The smallest absolute Gasteiger partial charge is 0.114 e. The first-order valence-corrected chi connectivity index (χ1v) is 2.85. The minimum atomic E-state index is 0.699. The lowest BCUT2D eigenvalue weighted by Gasteiger charge is -1.79. The van der Waals surface area contributed by atoms with E-state index in [1.54, 1.807) is 18.5 Å². The highest BCUT2D eigenvalue weighted by Gasteiger charge is 1.95. The van der Waals surface area contributed by atoms with E-state index in [4.69, 9.17) is 5.21 Å². The van der Waals surface area contributed by atoms with Gasteiger partial charge in [-0.15, -0.1) is 5.10 Å². The zero-order chi connectivity index (χ0) is 6.97. The molecule has 0 aliphatic rings. The molecular formula is C6H5N3O. The van der Waals surface area contributed by atoms with Gasteiger partial charge in [0.1, 0.15) is 5.52 Å². The second-order valence-corrected chi connectivity index (χ2v) is 2.01. The summed E-state index contributed by atoms with van der Waals surface area (Å²) < 4.78 is 0.972. The van der Waals surface area contributed by atoms with Gasteiger partial charge in [-0.1, -0.05) is 0 Å². The summed E-state index contributed by atoms with van der Waals surface area (Å²) in [7, 11) is 0. The van der Waals surface area contributed by atoms with Crippen molar-refractivity contribution >= 4 is 10.9 Å². The maximum Gasteiger partial charge on any atom is 0.114 e. The Morgan fingerprint density at radius 3 is 3.10 bits per heavy atom. The molecule has 50 valence electrons. The molecule has 0 aromatic carbocycles. The number of nitrogens with zero attached hydrogens (tertiary/aromatic N) is 3. The molecule has 10 heavy (non-hydrogen) atoms. The van der Waals surface area contributed by atoms with Gasteiger partial charge in [0.15, 0.2) is 0 Å². The first-order chi connectivity index (χ1) is 4.86. The van der Waals surface area contributed by atoms with Crippen molar-refractivity contribution in [1.82, 2.24) is 14.9 Å². The van der Waals surface area contributed by atoms with Crippen LogP contribution in [0.3, 0.4) is 0 Å². The molecule has 0 atom stereocenters. The van der Waals surface area contributed by atoms with Crippen molar-refractivity contribution in [2.75, 3.05) is 0 Å². The Hall–Kier alpha value is -1.58. The van der Waals surface area contributed by atoms with Crippen LogP contribution in [-0.4, -0.2) is 20.1 Å². The van der Waals surface area contributed by atoms with E-state index < -0.39 is 0 Å². The first kappa shape index (κ1) is 5.22. The summed E-state index contributed by atoms with van der Waals surface area (Å²) in [6.45, 7) is 0. The van der Waals surface area contributed by atoms with Gasteiger partial charge in [-0.05, 0) is 6.07 Å². The topological polar surface area (TPSA) is 50.9 Å². The predicted molar refractivity (Wildman–Crippen MR) is 34.7 cm³/mol. The second kappa shape index (κ2) is 1.70. The Bertz CT molecular complexity index is 322. The molecule has 0 unspecified atom stereocenters. The standard InChI is InChI=1S/C6H5N3O/c10-9-3-5-1-2-7-8-6(5)4-9/h1-4,10H. The van der Waals surface area contributed by atoms with Gasteiger partial charge in [0, 0.05) is 5.39 Å². The van der Waals surface area contributed by atoms with Crippen LogP contribution in [0, 0.1) is 0 Å². The fourth-order valence-corrected chi connectivity index (χ4v) is 0.867. The molecule has 2 aromatic heterocycles. The third-order valence-corrected chi connectivity index (χ3v) is 1.31. The van der Waals surface area contributed by atoms with Crippen LogP contribution < -0.4 is 0 Å². The molecule has 2 heterocycles. The molecule has 4 nitrogen and oxygen atoms in total. The lowest BCUT2D eigenvalue weighted by molar-refractivity contribution is 0.188. The summed E-state index contributed by atoms with van der Waals surface area (Å²) >= 11 is 0. The first-order valence-electron chi connectivity index (χ1n) is 2.85. The van der Waals surface area contributed by atoms with Crippen molar-refractivity contribution in [2.24, 2.45) is 0 Å². The molecule has 2 rings (SSSR count). The lowest BCUT2D eigenvalue weighted by atomic mass is 10.4. The van der Waals surface area contributed by atoms with E-state index in [1.165, 1.54) is 6.20 Å². The molecule has 0 saturated carbocycles. The molecule has 0 fully saturated rings. The van der Waals surface area contributed by atoms with Gasteiger partial charge in [-0.2, -0.15) is 9.83 Å². The minimum absolute atomic E-state index is 0.699. The maximum atomic E-state index is 8.91. The molecule has 1 N–H and O–H groups in total. The molecule has 0 saturated heterocycles. The van der Waals surface area contributed by atoms with Crippen molar-refractivity contribution in [3.8, 4) is 0 Å². The molecule has 4 heteroatoms. The lowest BCUT2D eigenvalue weighted by Crippen LogP contribution is -1.79. The summed E-state index contributed by atoms with van der Waals surface area (Å²) in [4.78, 5) is 0. The largest absolute Gasteiger partial charge is 0.429 e. The highest BCUT2D eigenvalue weighted by molar-refractivity contribution is 5.76. The van der Waals surface area contributed by atoms with Gasteiger partial charge in [0.05, 0.1) is 18.6 Å². The van der Waals surface area contributed by atoms with Crippen LogP contribution in [0.4, 0.5) is 0 Å². The molecule has 0 aliphatic carbocycles. The van der Waals surface area contributed by atoms with Crippen LogP contribution in [0.15, 0.2) is 24.7 Å². The van der Waals surface area contributed by atoms with Crippen molar-refractivity contribution < 1.29 is 5.21 Å². The van der Waals surface area contributed by atoms with E-state index in [9.17, 15) is 0 Å². The Morgan fingerprint density at radius 2 is 2.30 bits per heavy atom. The summed E-state index contributed by atoms with van der Waals surface area (Å²) in [6, 6.07) is 1.79. The normalized spacial score (nSPS) is 10.4. The van der Waals surface area contributed by atoms with Crippen LogP contribution in [0.25, 0.3) is 10.9 Å². The van der Waals surface area contributed by atoms with Crippen molar-refractivity contribution in [2.45, 2.75) is 0 Å². The third kappa shape index (κ3) is 0.621. The zero-order valence-corrected chi connectivity index (χ0v) is 5.10. The van der Waals surface area contributed by atoms with Crippen molar-refractivity contribution in [1.29, 1.82) is 0 Å². The average molecular weight is 135 g/mol. The van der Waals surface area contributed by atoms with Gasteiger partial charge in [-0.25, -0.2) is 0 Å². The van der Waals surface area contributed by atoms with Crippen LogP contribution in [0.1, 0.15) is 0 Å². The van der Waals surface area contributed by atoms with Gasteiger partial charge < -0.3 is 5.21 Å². The highest BCUT2D eigenvalue weighted by atomic mass is 16.5. The van der Waals surface area contributed by atoms with E-state index in [1.807, 2.05) is 0 Å². The van der Waals surface area contributed by atoms with Crippen LogP contribution in [-0.2, 0) is 0 Å². The zero-order valence-electron chi connectivity index (χ0n) is 5.10. The summed E-state index contributed by atoms with van der Waals surface area (Å²) in [5.41, 5.74) is 0.699. The molecular weight excluding hydrogens is 130 g/mol. The fourth-order valence-electron chi connectivity index (χ4n) is 0.867. The van der Waals surface area contributed by atoms with Gasteiger partial charge >= 0.3 is 0 Å². The van der Waals surface area contributed by atoms with Gasteiger partial charge in [-0.3, -0.25) is 0 Å². The van der Waals surface area contributed by atoms with Crippen LogP contribution in [0.2, 0.25) is 0 Å². The van der Waals surface area contributed by atoms with E-state index in [2.05, 4.69) is 10.2 Å². The predicted octanol–water partition coefficient (Wildman–Crippen LogP) is 0.669. The SMILES string of the molecule is On1cc2ccnnc2c1. The minimum Gasteiger partial charge on any atom is -0.429 e. The van der Waals surface area contributed by atoms with E-state index >= 15 is 0 Å². The van der Waals surface area contributed by atoms with Gasteiger partial charge in [0.25, 0.3) is 0 Å². The molecule has 0 spiro atoms. The third-order valence-electron chi connectivity index (χ3n) is 1.31. The maximum absolute atomic E-state index is 8.91. The number of fused-ring (bicyclic) bond motifs is 1. The fraction of sp³-hybridized carbons (Fsp3) is 0. The Kier molecular flexibility index (Phi) is 0.887. The summed E-state index contributed by atoms with van der Waals surface area (Å²) in [5, 5.41) is 17.2. The highest BCUT2D eigenvalue weighted by Crippen LogP contribution is 2.07.